The summed E-state index contributed by atoms with van der Waals surface area (Å²) in [6.45, 7) is 4.03. The molecule has 2 aromatic heterocycles. The van der Waals surface area contributed by atoms with Gasteiger partial charge in [0, 0.05) is 32.0 Å². The molecule has 2 heterocycles. The zero-order chi connectivity index (χ0) is 17.5. The first-order valence-electron chi connectivity index (χ1n) is 7.63. The van der Waals surface area contributed by atoms with Crippen molar-refractivity contribution >= 4 is 64.7 Å². The van der Waals surface area contributed by atoms with Crippen LogP contribution in [0.5, 0.6) is 0 Å². The van der Waals surface area contributed by atoms with E-state index in [4.69, 9.17) is 34.8 Å². The molecular formula is C16H21Cl3IN5. The maximum atomic E-state index is 6.07. The summed E-state index contributed by atoms with van der Waals surface area (Å²) < 4.78 is 1.83. The molecule has 9 heteroatoms. The summed E-state index contributed by atoms with van der Waals surface area (Å²) in [5.74, 6) is 0.743. The highest BCUT2D eigenvalue weighted by Gasteiger charge is 2.08. The highest BCUT2D eigenvalue weighted by molar-refractivity contribution is 14.0. The molecule has 0 aliphatic carbocycles. The average molecular weight is 517 g/mol. The Bertz CT molecular complexity index is 701. The predicted molar refractivity (Wildman–Crippen MR) is 117 cm³/mol. The first kappa shape index (κ1) is 22.3. The van der Waals surface area contributed by atoms with Crippen molar-refractivity contribution in [2.75, 3.05) is 13.1 Å². The van der Waals surface area contributed by atoms with E-state index in [1.54, 1.807) is 12.3 Å². The van der Waals surface area contributed by atoms with Gasteiger partial charge in [-0.3, -0.25) is 0 Å². The second-order valence-corrected chi connectivity index (χ2v) is 6.35. The van der Waals surface area contributed by atoms with Gasteiger partial charge >= 0.3 is 0 Å². The van der Waals surface area contributed by atoms with Crippen molar-refractivity contribution in [3.05, 3.63) is 51.0 Å². The van der Waals surface area contributed by atoms with Crippen molar-refractivity contribution in [1.82, 2.24) is 20.2 Å². The monoisotopic (exact) mass is 515 g/mol. The summed E-state index contributed by atoms with van der Waals surface area (Å²) >= 11 is 17.9. The Morgan fingerprint density at radius 3 is 2.56 bits per heavy atom. The standard InChI is InChI=1S/C16H20Cl3N5.HI/c1-3-20-16(21-7-6-11-4-5-14(18)22-9-11)23-10-12-8-13(17)15(19)24(12)2;/h4-5,8-9H,3,6-7,10H2,1-2H3,(H2,20,21,23);1H. The lowest BCUT2D eigenvalue weighted by Crippen LogP contribution is -2.38. The number of hydrogen-bond donors (Lipinski definition) is 2. The quantitative estimate of drug-likeness (QED) is 0.261. The molecule has 0 unspecified atom stereocenters. The van der Waals surface area contributed by atoms with Crippen LogP contribution in [-0.2, 0) is 20.0 Å². The zero-order valence-electron chi connectivity index (χ0n) is 14.0. The molecule has 0 fully saturated rings. The fraction of sp³-hybridized carbons (Fsp3) is 0.375. The number of aromatic nitrogens is 2. The van der Waals surface area contributed by atoms with Crippen molar-refractivity contribution in [2.45, 2.75) is 19.9 Å². The molecule has 0 bridgehead atoms. The fourth-order valence-corrected chi connectivity index (χ4v) is 2.65. The highest BCUT2D eigenvalue weighted by Crippen LogP contribution is 2.25. The van der Waals surface area contributed by atoms with Gasteiger partial charge in [0.25, 0.3) is 0 Å². The third-order valence-electron chi connectivity index (χ3n) is 3.45. The average Bonchev–Trinajstić information content (AvgIpc) is 2.81. The van der Waals surface area contributed by atoms with Gasteiger partial charge in [-0.1, -0.05) is 40.9 Å². The third kappa shape index (κ3) is 6.84. The SMILES string of the molecule is CCNC(=NCc1cc(Cl)c(Cl)n1C)NCCc1ccc(Cl)nc1.I. The lowest BCUT2D eigenvalue weighted by molar-refractivity contribution is 0.779. The number of hydrogen-bond acceptors (Lipinski definition) is 2. The van der Waals surface area contributed by atoms with Gasteiger partial charge in [-0.05, 0) is 31.0 Å². The van der Waals surface area contributed by atoms with E-state index in [1.165, 1.54) is 0 Å². The van der Waals surface area contributed by atoms with Crippen molar-refractivity contribution in [2.24, 2.45) is 12.0 Å². The highest BCUT2D eigenvalue weighted by atomic mass is 127. The van der Waals surface area contributed by atoms with Gasteiger partial charge in [-0.2, -0.15) is 0 Å². The van der Waals surface area contributed by atoms with E-state index in [-0.39, 0.29) is 24.0 Å². The number of guanidine groups is 1. The van der Waals surface area contributed by atoms with Crippen LogP contribution in [-0.4, -0.2) is 28.6 Å². The second-order valence-electron chi connectivity index (χ2n) is 5.19. The number of nitrogens with one attached hydrogen (secondary N) is 2. The number of halogens is 4. The van der Waals surface area contributed by atoms with E-state index in [0.29, 0.717) is 21.9 Å². The van der Waals surface area contributed by atoms with Crippen LogP contribution in [0.2, 0.25) is 15.3 Å². The van der Waals surface area contributed by atoms with E-state index < -0.39 is 0 Å². The smallest absolute Gasteiger partial charge is 0.191 e. The summed E-state index contributed by atoms with van der Waals surface area (Å²) in [7, 11) is 1.87. The molecule has 5 nitrogen and oxygen atoms in total. The number of rotatable bonds is 6. The van der Waals surface area contributed by atoms with E-state index in [0.717, 1.165) is 36.7 Å². The Kier molecular flexibility index (Phi) is 9.92. The summed E-state index contributed by atoms with van der Waals surface area (Å²) in [5, 5.41) is 8.08. The molecule has 2 aromatic rings. The van der Waals surface area contributed by atoms with E-state index in [9.17, 15) is 0 Å². The lowest BCUT2D eigenvalue weighted by atomic mass is 10.2. The maximum Gasteiger partial charge on any atom is 0.191 e. The third-order valence-corrected chi connectivity index (χ3v) is 4.52. The van der Waals surface area contributed by atoms with Crippen LogP contribution < -0.4 is 10.6 Å². The Morgan fingerprint density at radius 1 is 1.24 bits per heavy atom. The molecule has 0 aliphatic heterocycles. The molecular weight excluding hydrogens is 495 g/mol. The molecule has 0 saturated carbocycles. The van der Waals surface area contributed by atoms with E-state index >= 15 is 0 Å². The van der Waals surface area contributed by atoms with Gasteiger partial charge in [-0.15, -0.1) is 24.0 Å². The molecule has 0 spiro atoms. The van der Waals surface area contributed by atoms with Gasteiger partial charge in [0.1, 0.15) is 10.3 Å². The van der Waals surface area contributed by atoms with Crippen molar-refractivity contribution in [1.29, 1.82) is 0 Å². The van der Waals surface area contributed by atoms with Gasteiger partial charge in [0.05, 0.1) is 11.6 Å². The molecule has 25 heavy (non-hydrogen) atoms. The molecule has 138 valence electrons. The topological polar surface area (TPSA) is 54.2 Å². The molecule has 0 aliphatic rings. The first-order chi connectivity index (χ1) is 11.5. The van der Waals surface area contributed by atoms with Crippen LogP contribution in [0, 0.1) is 0 Å². The summed E-state index contributed by atoms with van der Waals surface area (Å²) in [6, 6.07) is 5.59. The Balaban J connectivity index is 0.00000312. The van der Waals surface area contributed by atoms with E-state index in [1.807, 2.05) is 30.7 Å². The van der Waals surface area contributed by atoms with Gasteiger partial charge < -0.3 is 15.2 Å². The molecule has 0 saturated heterocycles. The summed E-state index contributed by atoms with van der Waals surface area (Å²) in [4.78, 5) is 8.64. The lowest BCUT2D eigenvalue weighted by Gasteiger charge is -2.11. The van der Waals surface area contributed by atoms with E-state index in [2.05, 4.69) is 20.6 Å². The van der Waals surface area contributed by atoms with Crippen LogP contribution in [0.1, 0.15) is 18.2 Å². The van der Waals surface area contributed by atoms with Gasteiger partial charge in [-0.25, -0.2) is 9.98 Å². The Hall–Kier alpha value is -0.700. The van der Waals surface area contributed by atoms with Crippen LogP contribution in [0.15, 0.2) is 29.4 Å². The van der Waals surface area contributed by atoms with Crippen LogP contribution in [0.4, 0.5) is 0 Å². The van der Waals surface area contributed by atoms with Crippen LogP contribution in [0.3, 0.4) is 0 Å². The molecule has 0 radical (unpaired) electrons. The zero-order valence-corrected chi connectivity index (χ0v) is 18.6. The minimum absolute atomic E-state index is 0. The molecule has 2 N–H and O–H groups in total. The minimum Gasteiger partial charge on any atom is -0.357 e. The summed E-state index contributed by atoms with van der Waals surface area (Å²) in [6.07, 6.45) is 2.61. The molecule has 0 aromatic carbocycles. The fourth-order valence-electron chi connectivity index (χ4n) is 2.12. The predicted octanol–water partition coefficient (Wildman–Crippen LogP) is 4.30. The number of aliphatic imine (C=N–C) groups is 1. The Labute approximate surface area is 180 Å². The normalized spacial score (nSPS) is 11.2. The Morgan fingerprint density at radius 2 is 2.00 bits per heavy atom. The molecule has 0 atom stereocenters. The van der Waals surface area contributed by atoms with Crippen molar-refractivity contribution < 1.29 is 0 Å². The van der Waals surface area contributed by atoms with Crippen LogP contribution in [0.25, 0.3) is 0 Å². The van der Waals surface area contributed by atoms with Gasteiger partial charge in [0.15, 0.2) is 5.96 Å². The maximum absolute atomic E-state index is 6.07. The molecule has 2 rings (SSSR count). The number of pyridine rings is 1. The van der Waals surface area contributed by atoms with Crippen LogP contribution >= 0.6 is 58.8 Å². The number of nitrogens with zero attached hydrogens (tertiary/aromatic N) is 3. The first-order valence-corrected chi connectivity index (χ1v) is 8.76. The molecule has 0 amide bonds. The minimum atomic E-state index is 0. The van der Waals surface area contributed by atoms with Gasteiger partial charge in [0.2, 0.25) is 0 Å². The van der Waals surface area contributed by atoms with Crippen molar-refractivity contribution in [3.63, 3.8) is 0 Å². The summed E-state index contributed by atoms with van der Waals surface area (Å²) in [5.41, 5.74) is 2.06. The van der Waals surface area contributed by atoms with Crippen molar-refractivity contribution in [3.8, 4) is 0 Å². The second kappa shape index (κ2) is 11.1. The largest absolute Gasteiger partial charge is 0.357 e.